The Labute approximate surface area is 112 Å². The van der Waals surface area contributed by atoms with Crippen molar-refractivity contribution in [2.75, 3.05) is 26.8 Å². The fraction of sp³-hybridized carbons (Fsp3) is 0.385. The molecule has 0 fully saturated rings. The van der Waals surface area contributed by atoms with Gasteiger partial charge in [0, 0.05) is 13.1 Å². The highest BCUT2D eigenvalue weighted by molar-refractivity contribution is 5.76. The molecule has 2 amide bonds. The molecule has 0 aliphatic rings. The molecule has 0 aromatic heterocycles. The lowest BCUT2D eigenvalue weighted by atomic mass is 10.3. The first-order valence-electron chi connectivity index (χ1n) is 5.98. The van der Waals surface area contributed by atoms with Crippen LogP contribution < -0.4 is 15.4 Å². The van der Waals surface area contributed by atoms with Gasteiger partial charge in [0.15, 0.2) is 0 Å². The van der Waals surface area contributed by atoms with Crippen LogP contribution in [0.15, 0.2) is 30.3 Å². The minimum absolute atomic E-state index is 0.123. The summed E-state index contributed by atoms with van der Waals surface area (Å²) < 4.78 is 9.78. The highest BCUT2D eigenvalue weighted by Gasteiger charge is 2.02. The number of rotatable bonds is 7. The molecule has 6 heteroatoms. The third kappa shape index (κ3) is 6.92. The first kappa shape index (κ1) is 14.8. The number of alkyl carbamates (subject to hydrolysis) is 1. The van der Waals surface area contributed by atoms with Crippen LogP contribution in [-0.2, 0) is 9.53 Å². The van der Waals surface area contributed by atoms with Gasteiger partial charge in [-0.05, 0) is 12.1 Å². The van der Waals surface area contributed by atoms with Gasteiger partial charge in [-0.15, -0.1) is 0 Å². The largest absolute Gasteiger partial charge is 0.493 e. The average molecular weight is 266 g/mol. The minimum atomic E-state index is -0.512. The summed E-state index contributed by atoms with van der Waals surface area (Å²) in [6, 6.07) is 9.30. The molecule has 0 atom stereocenters. The van der Waals surface area contributed by atoms with E-state index in [0.29, 0.717) is 19.7 Å². The predicted molar refractivity (Wildman–Crippen MR) is 70.0 cm³/mol. The van der Waals surface area contributed by atoms with Gasteiger partial charge in [-0.1, -0.05) is 18.2 Å². The smallest absolute Gasteiger partial charge is 0.406 e. The molecule has 0 saturated heterocycles. The summed E-state index contributed by atoms with van der Waals surface area (Å²) in [5, 5.41) is 5.12. The number of nitrogens with one attached hydrogen (secondary N) is 2. The maximum absolute atomic E-state index is 11.4. The Morgan fingerprint density at radius 2 is 1.79 bits per heavy atom. The summed E-state index contributed by atoms with van der Waals surface area (Å²) in [6.07, 6.45) is -0.241. The lowest BCUT2D eigenvalue weighted by Crippen LogP contribution is -2.35. The molecule has 0 unspecified atom stereocenters. The van der Waals surface area contributed by atoms with Gasteiger partial charge in [0.25, 0.3) is 0 Å². The van der Waals surface area contributed by atoms with Crippen molar-refractivity contribution in [2.45, 2.75) is 6.42 Å². The molecule has 0 saturated carbocycles. The second-order valence-corrected chi connectivity index (χ2v) is 3.68. The SMILES string of the molecule is COC(=O)NCCNC(=O)CCOc1ccccc1. The van der Waals surface area contributed by atoms with Crippen LogP contribution in [0.5, 0.6) is 5.75 Å². The first-order valence-corrected chi connectivity index (χ1v) is 5.98. The van der Waals surface area contributed by atoms with Gasteiger partial charge in [-0.3, -0.25) is 4.79 Å². The number of carbonyl (C=O) groups is 2. The fourth-order valence-electron chi connectivity index (χ4n) is 1.31. The number of carbonyl (C=O) groups excluding carboxylic acids is 2. The van der Waals surface area contributed by atoms with Crippen molar-refractivity contribution in [3.8, 4) is 5.75 Å². The Kier molecular flexibility index (Phi) is 6.86. The molecule has 0 aliphatic carbocycles. The third-order valence-electron chi connectivity index (χ3n) is 2.24. The molecule has 104 valence electrons. The zero-order valence-electron chi connectivity index (χ0n) is 10.8. The summed E-state index contributed by atoms with van der Waals surface area (Å²) in [7, 11) is 1.29. The summed E-state index contributed by atoms with van der Waals surface area (Å²) in [5.74, 6) is 0.616. The van der Waals surface area contributed by atoms with Gasteiger partial charge in [-0.25, -0.2) is 4.79 Å². The zero-order valence-corrected chi connectivity index (χ0v) is 10.8. The molecule has 1 aromatic carbocycles. The van der Waals surface area contributed by atoms with Crippen molar-refractivity contribution < 1.29 is 19.1 Å². The Morgan fingerprint density at radius 1 is 1.11 bits per heavy atom. The second kappa shape index (κ2) is 8.79. The molecule has 19 heavy (non-hydrogen) atoms. The van der Waals surface area contributed by atoms with Crippen LogP contribution in [-0.4, -0.2) is 38.8 Å². The Bertz CT molecular complexity index is 395. The van der Waals surface area contributed by atoms with Crippen molar-refractivity contribution in [3.05, 3.63) is 30.3 Å². The van der Waals surface area contributed by atoms with Crippen LogP contribution in [0.4, 0.5) is 4.79 Å². The van der Waals surface area contributed by atoms with Crippen LogP contribution in [0.25, 0.3) is 0 Å². The average Bonchev–Trinajstić information content (AvgIpc) is 2.44. The molecule has 0 aliphatic heterocycles. The molecule has 0 heterocycles. The molecule has 1 rings (SSSR count). The molecule has 0 spiro atoms. The van der Waals surface area contributed by atoms with Crippen molar-refractivity contribution >= 4 is 12.0 Å². The molecular formula is C13H18N2O4. The van der Waals surface area contributed by atoms with Crippen LogP contribution >= 0.6 is 0 Å². The van der Waals surface area contributed by atoms with Gasteiger partial charge in [0.05, 0.1) is 20.1 Å². The van der Waals surface area contributed by atoms with Gasteiger partial charge in [-0.2, -0.15) is 0 Å². The fourth-order valence-corrected chi connectivity index (χ4v) is 1.31. The number of hydrogen-bond acceptors (Lipinski definition) is 4. The quantitative estimate of drug-likeness (QED) is 0.720. The van der Waals surface area contributed by atoms with Crippen LogP contribution in [0.1, 0.15) is 6.42 Å². The monoisotopic (exact) mass is 266 g/mol. The Morgan fingerprint density at radius 3 is 2.47 bits per heavy atom. The second-order valence-electron chi connectivity index (χ2n) is 3.68. The minimum Gasteiger partial charge on any atom is -0.493 e. The van der Waals surface area contributed by atoms with Crippen molar-refractivity contribution in [1.29, 1.82) is 0 Å². The molecule has 0 bridgehead atoms. The van der Waals surface area contributed by atoms with Crippen molar-refractivity contribution in [3.63, 3.8) is 0 Å². The molecule has 6 nitrogen and oxygen atoms in total. The van der Waals surface area contributed by atoms with E-state index in [1.165, 1.54) is 7.11 Å². The summed E-state index contributed by atoms with van der Waals surface area (Å²) in [4.78, 5) is 22.1. The highest BCUT2D eigenvalue weighted by atomic mass is 16.5. The number of para-hydroxylation sites is 1. The number of methoxy groups -OCH3 is 1. The first-order chi connectivity index (χ1) is 9.22. The van der Waals surface area contributed by atoms with E-state index in [9.17, 15) is 9.59 Å². The maximum Gasteiger partial charge on any atom is 0.406 e. The summed E-state index contributed by atoms with van der Waals surface area (Å²) in [5.41, 5.74) is 0. The summed E-state index contributed by atoms with van der Waals surface area (Å²) >= 11 is 0. The van der Waals surface area contributed by atoms with E-state index >= 15 is 0 Å². The number of ether oxygens (including phenoxy) is 2. The van der Waals surface area contributed by atoms with Crippen LogP contribution in [0.2, 0.25) is 0 Å². The van der Waals surface area contributed by atoms with Crippen LogP contribution in [0.3, 0.4) is 0 Å². The van der Waals surface area contributed by atoms with Gasteiger partial charge >= 0.3 is 6.09 Å². The van der Waals surface area contributed by atoms with E-state index in [2.05, 4.69) is 15.4 Å². The van der Waals surface area contributed by atoms with E-state index in [0.717, 1.165) is 5.75 Å². The predicted octanol–water partition coefficient (Wildman–Crippen LogP) is 0.928. The third-order valence-corrected chi connectivity index (χ3v) is 2.24. The number of hydrogen-bond donors (Lipinski definition) is 2. The van der Waals surface area contributed by atoms with Crippen molar-refractivity contribution in [1.82, 2.24) is 10.6 Å². The lowest BCUT2D eigenvalue weighted by molar-refractivity contribution is -0.121. The molecule has 2 N–H and O–H groups in total. The molecular weight excluding hydrogens is 248 g/mol. The normalized spacial score (nSPS) is 9.53. The Hall–Kier alpha value is -2.24. The number of benzene rings is 1. The standard InChI is InChI=1S/C13H18N2O4/c1-18-13(17)15-9-8-14-12(16)7-10-19-11-5-3-2-4-6-11/h2-6H,7-10H2,1H3,(H,14,16)(H,15,17). The lowest BCUT2D eigenvalue weighted by Gasteiger charge is -2.07. The van der Waals surface area contributed by atoms with E-state index in [1.54, 1.807) is 0 Å². The van der Waals surface area contributed by atoms with Gasteiger partial charge in [0.1, 0.15) is 5.75 Å². The van der Waals surface area contributed by atoms with Crippen molar-refractivity contribution in [2.24, 2.45) is 0 Å². The van der Waals surface area contributed by atoms with E-state index in [4.69, 9.17) is 4.74 Å². The van der Waals surface area contributed by atoms with Gasteiger partial charge < -0.3 is 20.1 Å². The van der Waals surface area contributed by atoms with Gasteiger partial charge in [0.2, 0.25) is 5.91 Å². The summed E-state index contributed by atoms with van der Waals surface area (Å²) in [6.45, 7) is 1.01. The number of amides is 2. The zero-order chi connectivity index (χ0) is 13.9. The topological polar surface area (TPSA) is 76.7 Å². The van der Waals surface area contributed by atoms with E-state index < -0.39 is 6.09 Å². The van der Waals surface area contributed by atoms with E-state index in [1.807, 2.05) is 30.3 Å². The highest BCUT2D eigenvalue weighted by Crippen LogP contribution is 2.08. The van der Waals surface area contributed by atoms with Crippen LogP contribution in [0, 0.1) is 0 Å². The molecule has 1 aromatic rings. The Balaban J connectivity index is 2.04. The molecule has 0 radical (unpaired) electrons. The van der Waals surface area contributed by atoms with E-state index in [-0.39, 0.29) is 12.3 Å². The maximum atomic E-state index is 11.4.